The molecular formula is C21H36O2. The van der Waals surface area contributed by atoms with Gasteiger partial charge in [-0.05, 0) is 105 Å². The van der Waals surface area contributed by atoms with Gasteiger partial charge in [0.2, 0.25) is 0 Å². The molecule has 0 aliphatic heterocycles. The van der Waals surface area contributed by atoms with Crippen molar-refractivity contribution in [1.29, 1.82) is 0 Å². The lowest BCUT2D eigenvalue weighted by atomic mass is 9.44. The van der Waals surface area contributed by atoms with Crippen molar-refractivity contribution in [2.24, 2.45) is 40.4 Å². The second-order valence-electron chi connectivity index (χ2n) is 10.1. The largest absolute Gasteiger partial charge is 0.393 e. The van der Waals surface area contributed by atoms with Gasteiger partial charge in [-0.15, -0.1) is 0 Å². The summed E-state index contributed by atoms with van der Waals surface area (Å²) in [7, 11) is 0. The predicted octanol–water partition coefficient (Wildman–Crippen LogP) is 4.39. The summed E-state index contributed by atoms with van der Waals surface area (Å²) in [5, 5.41) is 20.4. The van der Waals surface area contributed by atoms with Crippen LogP contribution in [0.15, 0.2) is 0 Å². The van der Waals surface area contributed by atoms with E-state index in [9.17, 15) is 10.2 Å². The molecule has 4 saturated carbocycles. The van der Waals surface area contributed by atoms with Crippen molar-refractivity contribution in [3.05, 3.63) is 0 Å². The summed E-state index contributed by atoms with van der Waals surface area (Å²) in [5.74, 6) is 3.87. The fourth-order valence-electron chi connectivity index (χ4n) is 8.07. The zero-order chi connectivity index (χ0) is 16.4. The van der Waals surface area contributed by atoms with Crippen LogP contribution in [0.2, 0.25) is 0 Å². The van der Waals surface area contributed by atoms with Crippen LogP contribution in [-0.2, 0) is 0 Å². The zero-order valence-corrected chi connectivity index (χ0v) is 15.3. The van der Waals surface area contributed by atoms with Crippen LogP contribution in [0.5, 0.6) is 0 Å². The summed E-state index contributed by atoms with van der Waals surface area (Å²) in [6.45, 7) is 7.08. The maximum atomic E-state index is 10.3. The Balaban J connectivity index is 1.60. The van der Waals surface area contributed by atoms with E-state index in [1.807, 2.05) is 6.92 Å². The molecule has 4 fully saturated rings. The molecule has 4 aliphatic carbocycles. The number of aliphatic hydroxyl groups is 2. The zero-order valence-electron chi connectivity index (χ0n) is 15.3. The van der Waals surface area contributed by atoms with Crippen LogP contribution >= 0.6 is 0 Å². The lowest BCUT2D eigenvalue weighted by molar-refractivity contribution is -0.132. The molecule has 0 radical (unpaired) electrons. The molecule has 3 unspecified atom stereocenters. The fourth-order valence-corrected chi connectivity index (χ4v) is 8.07. The van der Waals surface area contributed by atoms with Crippen LogP contribution in [0.1, 0.15) is 78.6 Å². The van der Waals surface area contributed by atoms with Gasteiger partial charge in [-0.3, -0.25) is 0 Å². The van der Waals surface area contributed by atoms with Crippen molar-refractivity contribution in [3.63, 3.8) is 0 Å². The highest BCUT2D eigenvalue weighted by atomic mass is 16.3. The van der Waals surface area contributed by atoms with Crippen LogP contribution in [0, 0.1) is 40.4 Å². The van der Waals surface area contributed by atoms with E-state index < -0.39 is 0 Å². The van der Waals surface area contributed by atoms with Crippen LogP contribution < -0.4 is 0 Å². The minimum Gasteiger partial charge on any atom is -0.393 e. The van der Waals surface area contributed by atoms with E-state index in [1.165, 1.54) is 44.9 Å². The first-order chi connectivity index (χ1) is 10.9. The highest BCUT2D eigenvalue weighted by molar-refractivity contribution is 5.09. The smallest absolute Gasteiger partial charge is 0.0545 e. The molecule has 2 heteroatoms. The van der Waals surface area contributed by atoms with Gasteiger partial charge in [0.05, 0.1) is 12.2 Å². The van der Waals surface area contributed by atoms with Gasteiger partial charge in [-0.1, -0.05) is 13.8 Å². The normalized spacial score (nSPS) is 57.3. The van der Waals surface area contributed by atoms with E-state index in [2.05, 4.69) is 13.8 Å². The van der Waals surface area contributed by atoms with E-state index in [-0.39, 0.29) is 12.2 Å². The highest BCUT2D eigenvalue weighted by Gasteiger charge is 2.60. The Bertz CT molecular complexity index is 461. The van der Waals surface area contributed by atoms with Crippen molar-refractivity contribution < 1.29 is 10.2 Å². The molecule has 2 N–H and O–H groups in total. The minimum atomic E-state index is -0.140. The lowest BCUT2D eigenvalue weighted by Gasteiger charge is -2.61. The van der Waals surface area contributed by atoms with Crippen LogP contribution in [0.4, 0.5) is 0 Å². The van der Waals surface area contributed by atoms with Crippen molar-refractivity contribution in [3.8, 4) is 0 Å². The molecule has 9 atom stereocenters. The summed E-state index contributed by atoms with van der Waals surface area (Å²) in [5.41, 5.74) is 0.860. The van der Waals surface area contributed by atoms with Gasteiger partial charge < -0.3 is 10.2 Å². The number of hydrogen-bond acceptors (Lipinski definition) is 2. The molecule has 4 rings (SSSR count). The summed E-state index contributed by atoms with van der Waals surface area (Å²) >= 11 is 0. The van der Waals surface area contributed by atoms with Gasteiger partial charge in [0.15, 0.2) is 0 Å². The molecule has 0 heterocycles. The Morgan fingerprint density at radius 1 is 0.870 bits per heavy atom. The van der Waals surface area contributed by atoms with Crippen molar-refractivity contribution in [2.45, 2.75) is 90.8 Å². The third-order valence-electron chi connectivity index (χ3n) is 9.29. The molecule has 0 aromatic heterocycles. The molecule has 0 bridgehead atoms. The van der Waals surface area contributed by atoms with Crippen molar-refractivity contribution in [1.82, 2.24) is 0 Å². The molecule has 4 aliphatic rings. The van der Waals surface area contributed by atoms with Gasteiger partial charge in [-0.25, -0.2) is 0 Å². The van der Waals surface area contributed by atoms with Gasteiger partial charge in [0, 0.05) is 0 Å². The Kier molecular flexibility index (Phi) is 3.89. The third kappa shape index (κ3) is 2.27. The van der Waals surface area contributed by atoms with Crippen LogP contribution in [0.25, 0.3) is 0 Å². The number of hydrogen-bond donors (Lipinski definition) is 2. The second kappa shape index (κ2) is 5.46. The Hall–Kier alpha value is -0.0800. The SMILES string of the molecule is C[C@@H](O)[C@H]1CCC2C3CC[C@H]4C[C@@H](O)CC[C@]4(C)C3CC[C@@]21C. The molecule has 0 spiro atoms. The number of rotatable bonds is 1. The summed E-state index contributed by atoms with van der Waals surface area (Å²) in [6.07, 6.45) is 11.1. The standard InChI is InChI=1S/C21H36O2/c1-13(22)17-6-7-18-16-5-4-14-12-15(23)8-10-20(14,2)19(16)9-11-21(17,18)3/h13-19,22-23H,4-12H2,1-3H3/t13-,14+,15+,16?,17-,18?,19?,20+,21-/m1/s1. The number of fused-ring (bicyclic) bond motifs is 5. The summed E-state index contributed by atoms with van der Waals surface area (Å²) in [4.78, 5) is 0. The molecule has 0 saturated heterocycles. The lowest BCUT2D eigenvalue weighted by Crippen LogP contribution is -2.54. The predicted molar refractivity (Wildman–Crippen MR) is 92.9 cm³/mol. The molecule has 2 nitrogen and oxygen atoms in total. The van der Waals surface area contributed by atoms with Crippen LogP contribution in [0.3, 0.4) is 0 Å². The first kappa shape index (κ1) is 16.4. The molecule has 0 aromatic carbocycles. The second-order valence-corrected chi connectivity index (χ2v) is 10.1. The summed E-state index contributed by atoms with van der Waals surface area (Å²) in [6, 6.07) is 0. The monoisotopic (exact) mass is 320 g/mol. The molecule has 132 valence electrons. The van der Waals surface area contributed by atoms with Crippen molar-refractivity contribution >= 4 is 0 Å². The Labute approximate surface area is 142 Å². The Morgan fingerprint density at radius 3 is 2.30 bits per heavy atom. The van der Waals surface area contributed by atoms with Crippen LogP contribution in [-0.4, -0.2) is 22.4 Å². The molecule has 23 heavy (non-hydrogen) atoms. The fraction of sp³-hybridized carbons (Fsp3) is 1.00. The first-order valence-electron chi connectivity index (χ1n) is 10.2. The van der Waals surface area contributed by atoms with E-state index in [4.69, 9.17) is 0 Å². The van der Waals surface area contributed by atoms with Crippen molar-refractivity contribution in [2.75, 3.05) is 0 Å². The van der Waals surface area contributed by atoms with Gasteiger partial charge in [0.25, 0.3) is 0 Å². The average Bonchev–Trinajstić information content (AvgIpc) is 2.85. The third-order valence-corrected chi connectivity index (χ3v) is 9.29. The van der Waals surface area contributed by atoms with E-state index in [0.717, 1.165) is 36.5 Å². The topological polar surface area (TPSA) is 40.5 Å². The van der Waals surface area contributed by atoms with E-state index in [0.29, 0.717) is 16.7 Å². The minimum absolute atomic E-state index is 0.0374. The van der Waals surface area contributed by atoms with Gasteiger partial charge >= 0.3 is 0 Å². The van der Waals surface area contributed by atoms with E-state index >= 15 is 0 Å². The van der Waals surface area contributed by atoms with E-state index in [1.54, 1.807) is 0 Å². The quantitative estimate of drug-likeness (QED) is 0.752. The van der Waals surface area contributed by atoms with Gasteiger partial charge in [-0.2, -0.15) is 0 Å². The molecule has 0 aromatic rings. The van der Waals surface area contributed by atoms with Gasteiger partial charge in [0.1, 0.15) is 0 Å². The summed E-state index contributed by atoms with van der Waals surface area (Å²) < 4.78 is 0. The molecule has 0 amide bonds. The maximum absolute atomic E-state index is 10.3. The number of aliphatic hydroxyl groups excluding tert-OH is 2. The Morgan fingerprint density at radius 2 is 1.57 bits per heavy atom. The molecular weight excluding hydrogens is 284 g/mol. The average molecular weight is 321 g/mol. The highest BCUT2D eigenvalue weighted by Crippen LogP contribution is 2.67. The first-order valence-corrected chi connectivity index (χ1v) is 10.2. The maximum Gasteiger partial charge on any atom is 0.0545 e.